The largest absolute Gasteiger partial charge is 0.452 e. The number of pyridine rings is 1. The van der Waals surface area contributed by atoms with E-state index >= 15 is 0 Å². The number of alkyl halides is 3. The summed E-state index contributed by atoms with van der Waals surface area (Å²) in [6.07, 6.45) is -1.75. The van der Waals surface area contributed by atoms with Crippen LogP contribution in [0.25, 0.3) is 10.6 Å². The fourth-order valence-electron chi connectivity index (χ4n) is 2.07. The molecule has 25 heavy (non-hydrogen) atoms. The Hall–Kier alpha value is -2.39. The van der Waals surface area contributed by atoms with Crippen molar-refractivity contribution in [3.05, 3.63) is 51.8 Å². The van der Waals surface area contributed by atoms with Crippen LogP contribution >= 0.6 is 22.9 Å². The fraction of sp³-hybridized carbons (Fsp3) is 0.133. The predicted octanol–water partition coefficient (Wildman–Crippen LogP) is 5.03. The molecule has 10 heteroatoms. The van der Waals surface area contributed by atoms with Crippen LogP contribution < -0.4 is 5.32 Å². The molecule has 3 aromatic heterocycles. The van der Waals surface area contributed by atoms with E-state index in [0.29, 0.717) is 15.6 Å². The molecule has 0 atom stereocenters. The van der Waals surface area contributed by atoms with Crippen molar-refractivity contribution in [3.63, 3.8) is 0 Å². The van der Waals surface area contributed by atoms with E-state index in [9.17, 15) is 18.0 Å². The van der Waals surface area contributed by atoms with Gasteiger partial charge in [-0.25, -0.2) is 0 Å². The number of halogens is 4. The van der Waals surface area contributed by atoms with Crippen LogP contribution in [-0.4, -0.2) is 16.0 Å². The maximum absolute atomic E-state index is 12.8. The maximum Gasteiger partial charge on any atom is 0.452 e. The van der Waals surface area contributed by atoms with E-state index in [0.717, 1.165) is 11.3 Å². The summed E-state index contributed by atoms with van der Waals surface area (Å²) in [5.74, 6) is -1.60. The van der Waals surface area contributed by atoms with Gasteiger partial charge in [-0.1, -0.05) is 16.8 Å². The Balaban J connectivity index is 1.85. The third-order valence-corrected chi connectivity index (χ3v) is 4.68. The summed E-state index contributed by atoms with van der Waals surface area (Å²) in [5.41, 5.74) is 0.258. The van der Waals surface area contributed by atoms with E-state index in [1.807, 2.05) is 0 Å². The van der Waals surface area contributed by atoms with Crippen LogP contribution in [0.3, 0.4) is 0 Å². The number of thiophene rings is 1. The van der Waals surface area contributed by atoms with Crippen molar-refractivity contribution < 1.29 is 22.5 Å². The minimum Gasteiger partial charge on any atom is -0.351 e. The highest BCUT2D eigenvalue weighted by Gasteiger charge is 2.39. The van der Waals surface area contributed by atoms with Crippen LogP contribution in [-0.2, 0) is 6.18 Å². The Kier molecular flexibility index (Phi) is 4.53. The van der Waals surface area contributed by atoms with E-state index in [4.69, 9.17) is 11.6 Å². The summed E-state index contributed by atoms with van der Waals surface area (Å²) < 4.78 is 42.7. The number of nitrogens with one attached hydrogen (secondary N) is 1. The molecular weight excluding hydrogens is 379 g/mol. The minimum absolute atomic E-state index is 0.0517. The van der Waals surface area contributed by atoms with Crippen molar-refractivity contribution in [2.24, 2.45) is 0 Å². The van der Waals surface area contributed by atoms with E-state index in [2.05, 4.69) is 20.0 Å². The minimum atomic E-state index is -4.62. The first-order valence-electron chi connectivity index (χ1n) is 6.82. The average molecular weight is 388 g/mol. The SMILES string of the molecule is Cc1c(-c2ccc(C(=O)Nc3cnccc3Cl)s2)noc1C(F)(F)F. The standard InChI is InChI=1S/C15H9ClF3N3O2S/c1-7-12(22-24-13(7)15(17,18)19)10-2-3-11(25-10)14(23)21-9-6-20-5-4-8(9)16/h2-6H,1H3,(H,21,23). The van der Waals surface area contributed by atoms with Crippen LogP contribution in [0.1, 0.15) is 21.0 Å². The Morgan fingerprint density at radius 1 is 1.32 bits per heavy atom. The van der Waals surface area contributed by atoms with Gasteiger partial charge in [0.15, 0.2) is 0 Å². The van der Waals surface area contributed by atoms with Gasteiger partial charge in [-0.15, -0.1) is 11.3 Å². The lowest BCUT2D eigenvalue weighted by atomic mass is 10.2. The molecule has 0 saturated carbocycles. The number of nitrogens with zero attached hydrogens (tertiary/aromatic N) is 2. The van der Waals surface area contributed by atoms with Gasteiger partial charge in [-0.3, -0.25) is 9.78 Å². The van der Waals surface area contributed by atoms with Gasteiger partial charge in [0.1, 0.15) is 5.69 Å². The summed E-state index contributed by atoms with van der Waals surface area (Å²) in [6, 6.07) is 4.52. The van der Waals surface area contributed by atoms with Gasteiger partial charge >= 0.3 is 6.18 Å². The second-order valence-electron chi connectivity index (χ2n) is 4.96. The van der Waals surface area contributed by atoms with Crippen molar-refractivity contribution in [2.45, 2.75) is 13.1 Å². The highest BCUT2D eigenvalue weighted by molar-refractivity contribution is 7.17. The number of aromatic nitrogens is 2. The maximum atomic E-state index is 12.8. The quantitative estimate of drug-likeness (QED) is 0.684. The zero-order chi connectivity index (χ0) is 18.2. The number of carbonyl (C=O) groups is 1. The Morgan fingerprint density at radius 2 is 2.08 bits per heavy atom. The average Bonchev–Trinajstić information content (AvgIpc) is 3.15. The number of hydrogen-bond donors (Lipinski definition) is 1. The third-order valence-electron chi connectivity index (χ3n) is 3.26. The van der Waals surface area contributed by atoms with Crippen molar-refractivity contribution in [3.8, 4) is 10.6 Å². The molecule has 3 rings (SSSR count). The first-order valence-corrected chi connectivity index (χ1v) is 8.01. The molecule has 0 unspecified atom stereocenters. The fourth-order valence-corrected chi connectivity index (χ4v) is 3.16. The highest BCUT2D eigenvalue weighted by Crippen LogP contribution is 2.38. The molecule has 1 amide bonds. The summed E-state index contributed by atoms with van der Waals surface area (Å²) in [6.45, 7) is 1.27. The lowest BCUT2D eigenvalue weighted by Gasteiger charge is -2.04. The smallest absolute Gasteiger partial charge is 0.351 e. The van der Waals surface area contributed by atoms with Gasteiger partial charge in [-0.05, 0) is 25.1 Å². The Morgan fingerprint density at radius 3 is 2.72 bits per heavy atom. The molecule has 0 aliphatic rings. The van der Waals surface area contributed by atoms with Crippen molar-refractivity contribution >= 4 is 34.5 Å². The van der Waals surface area contributed by atoms with Gasteiger partial charge in [0.05, 0.1) is 26.7 Å². The number of amides is 1. The molecule has 0 spiro atoms. The summed E-state index contributed by atoms with van der Waals surface area (Å²) >= 11 is 6.93. The molecule has 0 aromatic carbocycles. The Bertz CT molecular complexity index is 936. The van der Waals surface area contributed by atoms with Gasteiger partial charge in [0.2, 0.25) is 5.76 Å². The van der Waals surface area contributed by atoms with Gasteiger partial charge in [0, 0.05) is 11.8 Å². The molecule has 130 valence electrons. The molecule has 0 aliphatic heterocycles. The second kappa shape index (κ2) is 6.49. The van der Waals surface area contributed by atoms with Gasteiger partial charge < -0.3 is 9.84 Å². The van der Waals surface area contributed by atoms with Crippen molar-refractivity contribution in [1.29, 1.82) is 0 Å². The summed E-state index contributed by atoms with van der Waals surface area (Å²) in [5, 5.41) is 6.39. The lowest BCUT2D eigenvalue weighted by Crippen LogP contribution is -2.10. The molecule has 3 heterocycles. The van der Waals surface area contributed by atoms with E-state index in [1.165, 1.54) is 37.5 Å². The number of hydrogen-bond acceptors (Lipinski definition) is 5. The molecule has 0 fully saturated rings. The molecular formula is C15H9ClF3N3O2S. The number of anilines is 1. The predicted molar refractivity (Wildman–Crippen MR) is 86.8 cm³/mol. The molecule has 5 nitrogen and oxygen atoms in total. The number of carbonyl (C=O) groups excluding carboxylic acids is 1. The van der Waals surface area contributed by atoms with Crippen molar-refractivity contribution in [2.75, 3.05) is 5.32 Å². The van der Waals surface area contributed by atoms with Crippen LogP contribution in [0.5, 0.6) is 0 Å². The van der Waals surface area contributed by atoms with Crippen LogP contribution in [0, 0.1) is 6.92 Å². The van der Waals surface area contributed by atoms with Crippen molar-refractivity contribution in [1.82, 2.24) is 10.1 Å². The molecule has 0 aliphatic carbocycles. The second-order valence-corrected chi connectivity index (χ2v) is 6.45. The topological polar surface area (TPSA) is 68.0 Å². The summed E-state index contributed by atoms with van der Waals surface area (Å²) in [7, 11) is 0. The molecule has 0 radical (unpaired) electrons. The van der Waals surface area contributed by atoms with Crippen LogP contribution in [0.15, 0.2) is 35.1 Å². The van der Waals surface area contributed by atoms with Gasteiger partial charge in [0.25, 0.3) is 5.91 Å². The molecule has 0 bridgehead atoms. The van der Waals surface area contributed by atoms with E-state index < -0.39 is 17.8 Å². The molecule has 1 N–H and O–H groups in total. The monoisotopic (exact) mass is 387 g/mol. The third kappa shape index (κ3) is 3.52. The molecule has 0 saturated heterocycles. The van der Waals surface area contributed by atoms with Crippen LogP contribution in [0.4, 0.5) is 18.9 Å². The van der Waals surface area contributed by atoms with E-state index in [-0.39, 0.29) is 16.1 Å². The first kappa shape index (κ1) is 17.4. The Labute approximate surface area is 148 Å². The van der Waals surface area contributed by atoms with E-state index in [1.54, 1.807) is 0 Å². The first-order chi connectivity index (χ1) is 11.8. The highest BCUT2D eigenvalue weighted by atomic mass is 35.5. The zero-order valence-electron chi connectivity index (χ0n) is 12.5. The van der Waals surface area contributed by atoms with Gasteiger partial charge in [-0.2, -0.15) is 13.2 Å². The lowest BCUT2D eigenvalue weighted by molar-refractivity contribution is -0.156. The molecule has 3 aromatic rings. The number of rotatable bonds is 3. The van der Waals surface area contributed by atoms with Crippen LogP contribution in [0.2, 0.25) is 5.02 Å². The normalized spacial score (nSPS) is 11.6. The zero-order valence-corrected chi connectivity index (χ0v) is 14.1. The summed E-state index contributed by atoms with van der Waals surface area (Å²) in [4.78, 5) is 16.8.